The van der Waals surface area contributed by atoms with E-state index in [9.17, 15) is 9.59 Å². The van der Waals surface area contributed by atoms with Crippen molar-refractivity contribution in [1.82, 2.24) is 0 Å². The highest BCUT2D eigenvalue weighted by molar-refractivity contribution is 5.90. The first-order chi connectivity index (χ1) is 9.96. The van der Waals surface area contributed by atoms with Crippen LogP contribution < -0.4 is 0 Å². The van der Waals surface area contributed by atoms with Crippen molar-refractivity contribution in [3.63, 3.8) is 0 Å². The van der Waals surface area contributed by atoms with Gasteiger partial charge in [-0.1, -0.05) is 33.1 Å². The molecule has 116 valence electrons. The molecule has 4 aliphatic carbocycles. The maximum Gasteiger partial charge on any atom is 0.137 e. The molecular weight excluding hydrogens is 260 g/mol. The molecule has 21 heavy (non-hydrogen) atoms. The van der Waals surface area contributed by atoms with E-state index in [1.807, 2.05) is 0 Å². The molecule has 6 atom stereocenters. The van der Waals surface area contributed by atoms with Crippen LogP contribution in [0.1, 0.15) is 71.6 Å². The second-order valence-corrected chi connectivity index (χ2v) is 8.91. The van der Waals surface area contributed by atoms with Crippen LogP contribution in [-0.4, -0.2) is 11.6 Å². The number of carbonyl (C=O) groups is 2. The number of rotatable bonds is 0. The van der Waals surface area contributed by atoms with Crippen molar-refractivity contribution in [3.05, 3.63) is 0 Å². The van der Waals surface area contributed by atoms with E-state index in [1.165, 1.54) is 32.1 Å². The average Bonchev–Trinajstić information content (AvgIpc) is 2.79. The van der Waals surface area contributed by atoms with Crippen LogP contribution in [0, 0.1) is 34.5 Å². The number of hydrogen-bond acceptors (Lipinski definition) is 2. The van der Waals surface area contributed by atoms with E-state index >= 15 is 0 Å². The summed E-state index contributed by atoms with van der Waals surface area (Å²) in [5, 5.41) is 0. The van der Waals surface area contributed by atoms with Gasteiger partial charge in [0.25, 0.3) is 0 Å². The van der Waals surface area contributed by atoms with Crippen molar-refractivity contribution in [2.75, 3.05) is 0 Å². The quantitative estimate of drug-likeness (QED) is 0.670. The van der Waals surface area contributed by atoms with Gasteiger partial charge in [0.15, 0.2) is 0 Å². The Hall–Kier alpha value is -0.660. The molecule has 0 radical (unpaired) electrons. The topological polar surface area (TPSA) is 34.1 Å². The highest BCUT2D eigenvalue weighted by atomic mass is 16.1. The maximum absolute atomic E-state index is 13.0. The van der Waals surface area contributed by atoms with Crippen LogP contribution in [0.5, 0.6) is 0 Å². The first-order valence-electron chi connectivity index (χ1n) is 9.01. The van der Waals surface area contributed by atoms with Gasteiger partial charge in [-0.25, -0.2) is 0 Å². The van der Waals surface area contributed by atoms with Gasteiger partial charge < -0.3 is 0 Å². The van der Waals surface area contributed by atoms with Crippen molar-refractivity contribution in [3.8, 4) is 0 Å². The molecule has 0 bridgehead atoms. The number of hydrogen-bond donors (Lipinski definition) is 0. The van der Waals surface area contributed by atoms with Gasteiger partial charge in [0.05, 0.1) is 0 Å². The molecule has 4 fully saturated rings. The third-order valence-corrected chi connectivity index (χ3v) is 7.82. The van der Waals surface area contributed by atoms with Gasteiger partial charge in [-0.2, -0.15) is 0 Å². The van der Waals surface area contributed by atoms with E-state index in [1.54, 1.807) is 0 Å². The van der Waals surface area contributed by atoms with Crippen LogP contribution in [0.25, 0.3) is 0 Å². The lowest BCUT2D eigenvalue weighted by atomic mass is 9.45. The van der Waals surface area contributed by atoms with Gasteiger partial charge >= 0.3 is 0 Å². The van der Waals surface area contributed by atoms with Crippen LogP contribution >= 0.6 is 0 Å². The summed E-state index contributed by atoms with van der Waals surface area (Å²) < 4.78 is 0. The van der Waals surface area contributed by atoms with E-state index in [0.717, 1.165) is 19.3 Å². The Morgan fingerprint density at radius 3 is 2.57 bits per heavy atom. The third kappa shape index (κ3) is 1.77. The van der Waals surface area contributed by atoms with Gasteiger partial charge in [-0.15, -0.1) is 0 Å². The summed E-state index contributed by atoms with van der Waals surface area (Å²) in [4.78, 5) is 25.8. The second-order valence-electron chi connectivity index (χ2n) is 8.91. The van der Waals surface area contributed by atoms with Crippen molar-refractivity contribution >= 4 is 11.6 Å². The van der Waals surface area contributed by atoms with Crippen molar-refractivity contribution in [1.29, 1.82) is 0 Å². The highest BCUT2D eigenvalue weighted by Gasteiger charge is 2.62. The monoisotopic (exact) mass is 288 g/mol. The molecule has 0 spiro atoms. The normalized spacial score (nSPS) is 53.0. The Bertz CT molecular complexity index is 496. The van der Waals surface area contributed by atoms with Crippen molar-refractivity contribution < 1.29 is 9.59 Å². The third-order valence-electron chi connectivity index (χ3n) is 7.82. The smallest absolute Gasteiger partial charge is 0.137 e. The molecule has 2 heteroatoms. The summed E-state index contributed by atoms with van der Waals surface area (Å²) in [7, 11) is 0. The Labute approximate surface area is 128 Å². The molecule has 0 aromatic heterocycles. The van der Waals surface area contributed by atoms with Crippen LogP contribution in [0.4, 0.5) is 0 Å². The summed E-state index contributed by atoms with van der Waals surface area (Å²) in [6.45, 7) is 4.60. The van der Waals surface area contributed by atoms with E-state index in [4.69, 9.17) is 0 Å². The second kappa shape index (κ2) is 4.43. The molecule has 0 amide bonds. The molecule has 4 aliphatic rings. The zero-order valence-corrected chi connectivity index (χ0v) is 13.5. The van der Waals surface area contributed by atoms with Crippen LogP contribution in [0.2, 0.25) is 0 Å². The zero-order chi connectivity index (χ0) is 14.8. The number of Topliss-reactive ketones (excluding diaryl/α,β-unsaturated/α-hetero) is 2. The summed E-state index contributed by atoms with van der Waals surface area (Å²) >= 11 is 0. The average molecular weight is 288 g/mol. The summed E-state index contributed by atoms with van der Waals surface area (Å²) in [5.74, 6) is 2.36. The predicted molar refractivity (Wildman–Crippen MR) is 81.7 cm³/mol. The highest BCUT2D eigenvalue weighted by Crippen LogP contribution is 2.64. The molecule has 0 unspecified atom stereocenters. The summed E-state index contributed by atoms with van der Waals surface area (Å²) in [5.41, 5.74) is 0.190. The fourth-order valence-corrected chi connectivity index (χ4v) is 6.94. The molecule has 2 nitrogen and oxygen atoms in total. The maximum atomic E-state index is 13.0. The Balaban J connectivity index is 1.76. The van der Waals surface area contributed by atoms with E-state index in [0.29, 0.717) is 29.8 Å². The van der Waals surface area contributed by atoms with Crippen LogP contribution in [-0.2, 0) is 9.59 Å². The van der Waals surface area contributed by atoms with Gasteiger partial charge in [0.2, 0.25) is 0 Å². The van der Waals surface area contributed by atoms with Gasteiger partial charge in [-0.3, -0.25) is 9.59 Å². The SMILES string of the molecule is C[C@]12CCC[C@@H]1[C@@H]1CC(=O)[C@H]3CCCC[C@@]3(C)[C@H]1C(=O)C2. The Morgan fingerprint density at radius 2 is 1.76 bits per heavy atom. The lowest BCUT2D eigenvalue weighted by Gasteiger charge is -2.58. The molecule has 0 aliphatic heterocycles. The zero-order valence-electron chi connectivity index (χ0n) is 13.5. The van der Waals surface area contributed by atoms with Gasteiger partial charge in [0.1, 0.15) is 11.6 Å². The molecule has 0 N–H and O–H groups in total. The molecule has 0 aromatic carbocycles. The van der Waals surface area contributed by atoms with E-state index in [2.05, 4.69) is 13.8 Å². The van der Waals surface area contributed by atoms with E-state index in [-0.39, 0.29) is 22.7 Å². The van der Waals surface area contributed by atoms with Gasteiger partial charge in [-0.05, 0) is 48.3 Å². The first kappa shape index (κ1) is 14.0. The molecule has 0 heterocycles. The Morgan fingerprint density at radius 1 is 0.952 bits per heavy atom. The molecule has 0 saturated heterocycles. The van der Waals surface area contributed by atoms with Crippen LogP contribution in [0.15, 0.2) is 0 Å². The molecule has 4 saturated carbocycles. The Kier molecular flexibility index (Phi) is 2.94. The molecule has 4 rings (SSSR count). The number of ketones is 2. The fraction of sp³-hybridized carbons (Fsp3) is 0.895. The lowest BCUT2D eigenvalue weighted by molar-refractivity contribution is -0.162. The minimum Gasteiger partial charge on any atom is -0.299 e. The largest absolute Gasteiger partial charge is 0.299 e. The van der Waals surface area contributed by atoms with Crippen molar-refractivity contribution in [2.24, 2.45) is 34.5 Å². The summed E-state index contributed by atoms with van der Waals surface area (Å²) in [6.07, 6.45) is 9.71. The first-order valence-corrected chi connectivity index (χ1v) is 9.01. The minimum atomic E-state index is -0.0146. The van der Waals surface area contributed by atoms with Crippen molar-refractivity contribution in [2.45, 2.75) is 71.6 Å². The van der Waals surface area contributed by atoms with Crippen LogP contribution in [0.3, 0.4) is 0 Å². The van der Waals surface area contributed by atoms with E-state index < -0.39 is 0 Å². The minimum absolute atomic E-state index is 0.0146. The predicted octanol–water partition coefficient (Wildman–Crippen LogP) is 4.17. The van der Waals surface area contributed by atoms with Gasteiger partial charge in [0, 0.05) is 24.7 Å². The molecule has 0 aromatic rings. The standard InChI is InChI=1S/C19H28O2/c1-18-8-5-7-13(18)12-10-15(20)14-6-3-4-9-19(14,2)17(12)16(21)11-18/h12-14,17H,3-11H2,1-2H3/t12-,13+,14+,17+,18+,19+/m0/s1. The molecular formula is C19H28O2. The number of carbonyl (C=O) groups excluding carboxylic acids is 2. The summed E-state index contributed by atoms with van der Waals surface area (Å²) in [6, 6.07) is 0. The lowest BCUT2D eigenvalue weighted by Crippen LogP contribution is -2.58. The fourth-order valence-electron chi connectivity index (χ4n) is 6.94. The number of fused-ring (bicyclic) bond motifs is 5.